The van der Waals surface area contributed by atoms with Crippen molar-refractivity contribution in [1.29, 1.82) is 0 Å². The first-order valence-electron chi connectivity index (χ1n) is 7.64. The van der Waals surface area contributed by atoms with E-state index in [9.17, 15) is 0 Å². The van der Waals surface area contributed by atoms with Crippen molar-refractivity contribution < 1.29 is 0 Å². The zero-order valence-corrected chi connectivity index (χ0v) is 14.3. The second-order valence-corrected chi connectivity index (χ2v) is 7.86. The number of nitrogens with one attached hydrogen (secondary N) is 1. The Morgan fingerprint density at radius 2 is 2.24 bits per heavy atom. The third-order valence-corrected chi connectivity index (χ3v) is 7.03. The van der Waals surface area contributed by atoms with Crippen LogP contribution in [0.4, 0.5) is 0 Å². The lowest BCUT2D eigenvalue weighted by molar-refractivity contribution is 0.544. The maximum absolute atomic E-state index is 4.85. The highest BCUT2D eigenvalue weighted by Gasteiger charge is 2.25. The molecule has 1 aliphatic heterocycles. The van der Waals surface area contributed by atoms with Crippen molar-refractivity contribution in [3.8, 4) is 0 Å². The number of hydrogen-bond acceptors (Lipinski definition) is 4. The highest BCUT2D eigenvalue weighted by molar-refractivity contribution is 8.06. The third-order valence-electron chi connectivity index (χ3n) is 4.11. The normalized spacial score (nSPS) is 20.8. The van der Waals surface area contributed by atoms with E-state index in [1.807, 2.05) is 0 Å². The van der Waals surface area contributed by atoms with Crippen LogP contribution in [-0.4, -0.2) is 45.4 Å². The molecule has 2 aromatic rings. The Bertz CT molecular complexity index is 590. The fraction of sp³-hybridized carbons (Fsp3) is 0.562. The van der Waals surface area contributed by atoms with Gasteiger partial charge in [-0.25, -0.2) is 0 Å². The van der Waals surface area contributed by atoms with Gasteiger partial charge in [-0.1, -0.05) is 18.2 Å². The molecular weight excluding hydrogens is 298 g/mol. The smallest absolute Gasteiger partial charge is 0.0719 e. The first-order chi connectivity index (χ1) is 10.3. The number of para-hydroxylation sites is 1. The van der Waals surface area contributed by atoms with Crippen molar-refractivity contribution in [1.82, 2.24) is 15.1 Å². The van der Waals surface area contributed by atoms with E-state index in [1.54, 1.807) is 0 Å². The molecule has 0 spiro atoms. The van der Waals surface area contributed by atoms with E-state index >= 15 is 0 Å². The van der Waals surface area contributed by atoms with Crippen LogP contribution in [0, 0.1) is 0 Å². The van der Waals surface area contributed by atoms with Gasteiger partial charge in [0.1, 0.15) is 0 Å². The van der Waals surface area contributed by atoms with Crippen LogP contribution in [0.2, 0.25) is 0 Å². The van der Waals surface area contributed by atoms with Crippen molar-refractivity contribution >= 4 is 34.4 Å². The average Bonchev–Trinajstić information content (AvgIpc) is 2.91. The molecule has 114 valence electrons. The van der Waals surface area contributed by atoms with E-state index in [0.29, 0.717) is 11.3 Å². The number of aromatic nitrogens is 2. The van der Waals surface area contributed by atoms with Gasteiger partial charge < -0.3 is 5.32 Å². The predicted octanol–water partition coefficient (Wildman–Crippen LogP) is 3.04. The molecule has 1 saturated heterocycles. The van der Waals surface area contributed by atoms with Crippen LogP contribution in [0.25, 0.3) is 10.9 Å². The number of nitrogens with zero attached hydrogens (tertiary/aromatic N) is 2. The summed E-state index contributed by atoms with van der Waals surface area (Å²) in [5.74, 6) is 3.82. The fourth-order valence-electron chi connectivity index (χ4n) is 2.95. The van der Waals surface area contributed by atoms with Gasteiger partial charge in [-0.05, 0) is 20.0 Å². The van der Waals surface area contributed by atoms with Crippen molar-refractivity contribution in [2.45, 2.75) is 31.2 Å². The van der Waals surface area contributed by atoms with Crippen molar-refractivity contribution in [3.05, 3.63) is 30.0 Å². The van der Waals surface area contributed by atoms with Crippen molar-refractivity contribution in [2.75, 3.05) is 24.3 Å². The molecule has 1 fully saturated rings. The molecule has 1 aromatic heterocycles. The van der Waals surface area contributed by atoms with E-state index in [2.05, 4.69) is 71.8 Å². The van der Waals surface area contributed by atoms with E-state index in [4.69, 9.17) is 5.10 Å². The summed E-state index contributed by atoms with van der Waals surface area (Å²) in [5.41, 5.74) is 2.50. The van der Waals surface area contributed by atoms with Crippen LogP contribution >= 0.6 is 23.5 Å². The Morgan fingerprint density at radius 1 is 1.38 bits per heavy atom. The second-order valence-electron chi connectivity index (χ2n) is 5.36. The molecule has 1 aromatic carbocycles. The molecule has 3 rings (SSSR count). The Labute approximate surface area is 135 Å². The summed E-state index contributed by atoms with van der Waals surface area (Å²) in [6.45, 7) is 3.09. The molecule has 2 atom stereocenters. The summed E-state index contributed by atoms with van der Waals surface area (Å²) in [6.07, 6.45) is 1.02. The quantitative estimate of drug-likeness (QED) is 0.917. The Kier molecular flexibility index (Phi) is 5.14. The molecule has 21 heavy (non-hydrogen) atoms. The van der Waals surface area contributed by atoms with Crippen LogP contribution in [0.3, 0.4) is 0 Å². The molecule has 1 N–H and O–H groups in total. The average molecular weight is 322 g/mol. The highest BCUT2D eigenvalue weighted by atomic mass is 32.2. The second kappa shape index (κ2) is 7.07. The van der Waals surface area contributed by atoms with Gasteiger partial charge in [0, 0.05) is 46.9 Å². The van der Waals surface area contributed by atoms with Gasteiger partial charge in [0.2, 0.25) is 0 Å². The topological polar surface area (TPSA) is 29.9 Å². The lowest BCUT2D eigenvalue weighted by Gasteiger charge is -2.28. The summed E-state index contributed by atoms with van der Waals surface area (Å²) in [5, 5.41) is 10.4. The van der Waals surface area contributed by atoms with Crippen LogP contribution in [-0.2, 0) is 13.0 Å². The zero-order chi connectivity index (χ0) is 14.7. The molecule has 0 amide bonds. The molecule has 3 nitrogen and oxygen atoms in total. The number of thioether (sulfide) groups is 2. The largest absolute Gasteiger partial charge is 0.315 e. The molecule has 1 aliphatic rings. The highest BCUT2D eigenvalue weighted by Crippen LogP contribution is 2.29. The van der Waals surface area contributed by atoms with Gasteiger partial charge in [-0.15, -0.1) is 0 Å². The summed E-state index contributed by atoms with van der Waals surface area (Å²) in [7, 11) is 2.09. The molecule has 0 aliphatic carbocycles. The van der Waals surface area contributed by atoms with Gasteiger partial charge in [0.15, 0.2) is 0 Å². The van der Waals surface area contributed by atoms with Gasteiger partial charge in [-0.2, -0.15) is 28.6 Å². The number of hydrogen-bond donors (Lipinski definition) is 1. The minimum Gasteiger partial charge on any atom is -0.315 e. The minimum atomic E-state index is 0.506. The van der Waals surface area contributed by atoms with Gasteiger partial charge in [-0.3, -0.25) is 4.68 Å². The number of aryl methyl sites for hydroxylation is 1. The third kappa shape index (κ3) is 3.25. The van der Waals surface area contributed by atoms with Crippen LogP contribution in [0.1, 0.15) is 12.6 Å². The van der Waals surface area contributed by atoms with Crippen LogP contribution in [0.5, 0.6) is 0 Å². The lowest BCUT2D eigenvalue weighted by atomic mass is 10.1. The molecule has 2 unspecified atom stereocenters. The summed E-state index contributed by atoms with van der Waals surface area (Å²) < 4.78 is 2.13. The number of likely N-dealkylation sites (N-methyl/N-ethyl adjacent to an activating group) is 1. The Hall–Kier alpha value is -0.650. The van der Waals surface area contributed by atoms with E-state index in [-0.39, 0.29) is 0 Å². The number of benzene rings is 1. The SMILES string of the molecule is CCn1nc(CC(NC)C2CSCCS2)c2ccccc21. The fourth-order valence-corrected chi connectivity index (χ4v) is 5.88. The van der Waals surface area contributed by atoms with Gasteiger partial charge in [0.05, 0.1) is 11.2 Å². The molecule has 0 radical (unpaired) electrons. The maximum atomic E-state index is 4.85. The summed E-state index contributed by atoms with van der Waals surface area (Å²) in [6, 6.07) is 9.11. The summed E-state index contributed by atoms with van der Waals surface area (Å²) >= 11 is 4.20. The van der Waals surface area contributed by atoms with Crippen molar-refractivity contribution in [2.24, 2.45) is 0 Å². The zero-order valence-electron chi connectivity index (χ0n) is 12.7. The Balaban J connectivity index is 1.85. The molecular formula is C16H23N3S2. The summed E-state index contributed by atoms with van der Waals surface area (Å²) in [4.78, 5) is 0. The minimum absolute atomic E-state index is 0.506. The van der Waals surface area contributed by atoms with E-state index in [1.165, 1.54) is 33.9 Å². The van der Waals surface area contributed by atoms with E-state index < -0.39 is 0 Å². The lowest BCUT2D eigenvalue weighted by Crippen LogP contribution is -2.40. The monoisotopic (exact) mass is 321 g/mol. The standard InChI is InChI=1S/C16H23N3S2/c1-3-19-15-7-5-4-6-12(15)13(18-19)10-14(17-2)16-11-20-8-9-21-16/h4-7,14,16-17H,3,8-11H2,1-2H3. The molecule has 0 bridgehead atoms. The number of rotatable bonds is 5. The first-order valence-corrected chi connectivity index (χ1v) is 9.85. The Morgan fingerprint density at radius 3 is 2.95 bits per heavy atom. The molecule has 5 heteroatoms. The maximum Gasteiger partial charge on any atom is 0.0719 e. The molecule has 0 saturated carbocycles. The number of fused-ring (bicyclic) bond motifs is 1. The first kappa shape index (κ1) is 15.3. The van der Waals surface area contributed by atoms with Gasteiger partial charge >= 0.3 is 0 Å². The molecule has 2 heterocycles. The predicted molar refractivity (Wildman–Crippen MR) is 95.5 cm³/mol. The van der Waals surface area contributed by atoms with Crippen LogP contribution < -0.4 is 5.32 Å². The van der Waals surface area contributed by atoms with E-state index in [0.717, 1.165) is 13.0 Å². The van der Waals surface area contributed by atoms with Gasteiger partial charge in [0.25, 0.3) is 0 Å². The van der Waals surface area contributed by atoms with Crippen LogP contribution in [0.15, 0.2) is 24.3 Å². The van der Waals surface area contributed by atoms with Crippen molar-refractivity contribution in [3.63, 3.8) is 0 Å².